The average Bonchev–Trinajstić information content (AvgIpc) is 2.84. The lowest BCUT2D eigenvalue weighted by molar-refractivity contribution is 0.245. The Labute approximate surface area is 175 Å². The Bertz CT molecular complexity index is 1130. The van der Waals surface area contributed by atoms with Crippen LogP contribution in [-0.4, -0.2) is 0 Å². The van der Waals surface area contributed by atoms with E-state index in [0.717, 1.165) is 0 Å². The van der Waals surface area contributed by atoms with E-state index in [1.165, 1.54) is 36.6 Å². The van der Waals surface area contributed by atoms with Gasteiger partial charge in [-0.15, -0.1) is 0 Å². The highest BCUT2D eigenvalue weighted by atomic mass is 127. The largest absolute Gasteiger partial charge is 0.0768 e. The van der Waals surface area contributed by atoms with Crippen molar-refractivity contribution in [2.24, 2.45) is 5.41 Å². The molecule has 2 unspecified atom stereocenters. The highest BCUT2D eigenvalue weighted by molar-refractivity contribution is 14.1. The maximum Gasteiger partial charge on any atom is 0.0136 e. The van der Waals surface area contributed by atoms with E-state index in [1.54, 1.807) is 0 Å². The number of fused-ring (bicyclic) bond motifs is 4. The van der Waals surface area contributed by atoms with Crippen LogP contribution >= 0.6 is 22.6 Å². The van der Waals surface area contributed by atoms with E-state index in [0.29, 0.717) is 5.92 Å². The first-order valence-corrected chi connectivity index (χ1v) is 10.7. The Hall–Kier alpha value is -1.87. The van der Waals surface area contributed by atoms with E-state index >= 15 is 0 Å². The maximum atomic E-state index is 2.44. The summed E-state index contributed by atoms with van der Waals surface area (Å²) >= 11 is 2.38. The molecule has 2 aliphatic carbocycles. The van der Waals surface area contributed by atoms with Crippen LogP contribution in [0.2, 0.25) is 0 Å². The predicted octanol–water partition coefficient (Wildman–Crippen LogP) is 7.62. The molecule has 0 aliphatic heterocycles. The molecule has 134 valence electrons. The summed E-state index contributed by atoms with van der Waals surface area (Å²) in [7, 11) is 0. The molecule has 0 N–H and O–H groups in total. The Morgan fingerprint density at radius 2 is 1.48 bits per heavy atom. The molecule has 2 aliphatic rings. The number of hydrogen-bond donors (Lipinski definition) is 0. The van der Waals surface area contributed by atoms with E-state index in [2.05, 4.69) is 122 Å². The SMILES string of the molecule is CC1(C)c2cc(-c3ccc4cc(I)ccc4c3)ccc2C2C=CC=CC21C. The van der Waals surface area contributed by atoms with E-state index in [1.807, 2.05) is 0 Å². The minimum atomic E-state index is 0.108. The van der Waals surface area contributed by atoms with Crippen molar-refractivity contribution in [2.45, 2.75) is 32.1 Å². The van der Waals surface area contributed by atoms with E-state index in [-0.39, 0.29) is 10.8 Å². The van der Waals surface area contributed by atoms with Gasteiger partial charge in [0.05, 0.1) is 0 Å². The highest BCUT2D eigenvalue weighted by Crippen LogP contribution is 2.61. The fourth-order valence-corrected chi connectivity index (χ4v) is 5.51. The van der Waals surface area contributed by atoms with Crippen LogP contribution in [0.4, 0.5) is 0 Å². The summed E-state index contributed by atoms with van der Waals surface area (Å²) in [5.74, 6) is 0.472. The van der Waals surface area contributed by atoms with Gasteiger partial charge < -0.3 is 0 Å². The summed E-state index contributed by atoms with van der Waals surface area (Å²) in [6.45, 7) is 7.22. The predicted molar refractivity (Wildman–Crippen MR) is 124 cm³/mol. The number of allylic oxidation sites excluding steroid dienone is 4. The summed E-state index contributed by atoms with van der Waals surface area (Å²) in [4.78, 5) is 0. The van der Waals surface area contributed by atoms with Gasteiger partial charge in [-0.25, -0.2) is 0 Å². The number of halogens is 1. The lowest BCUT2D eigenvalue weighted by atomic mass is 9.62. The third-order valence-corrected chi connectivity index (χ3v) is 7.72. The van der Waals surface area contributed by atoms with Gasteiger partial charge in [-0.05, 0) is 79.2 Å². The van der Waals surface area contributed by atoms with Gasteiger partial charge >= 0.3 is 0 Å². The minimum Gasteiger partial charge on any atom is -0.0768 e. The van der Waals surface area contributed by atoms with Gasteiger partial charge in [-0.2, -0.15) is 0 Å². The first-order valence-electron chi connectivity index (χ1n) is 9.60. The quantitative estimate of drug-likeness (QED) is 0.327. The van der Waals surface area contributed by atoms with Crippen LogP contribution in [0.15, 0.2) is 78.9 Å². The summed E-state index contributed by atoms with van der Waals surface area (Å²) < 4.78 is 1.28. The van der Waals surface area contributed by atoms with E-state index in [9.17, 15) is 0 Å². The summed E-state index contributed by atoms with van der Waals surface area (Å²) in [5, 5.41) is 2.61. The zero-order chi connectivity index (χ0) is 18.8. The van der Waals surface area contributed by atoms with Gasteiger partial charge in [-0.3, -0.25) is 0 Å². The average molecular weight is 462 g/mol. The van der Waals surface area contributed by atoms with Crippen molar-refractivity contribution in [3.63, 3.8) is 0 Å². The Morgan fingerprint density at radius 1 is 0.778 bits per heavy atom. The van der Waals surface area contributed by atoms with Crippen molar-refractivity contribution in [3.8, 4) is 11.1 Å². The van der Waals surface area contributed by atoms with Gasteiger partial charge in [-0.1, -0.05) is 81.5 Å². The molecule has 0 radical (unpaired) electrons. The second kappa shape index (κ2) is 5.81. The van der Waals surface area contributed by atoms with Crippen molar-refractivity contribution in [1.82, 2.24) is 0 Å². The van der Waals surface area contributed by atoms with Gasteiger partial charge in [0.25, 0.3) is 0 Å². The fraction of sp³-hybridized carbons (Fsp3) is 0.231. The molecular weight excluding hydrogens is 439 g/mol. The second-order valence-corrected chi connectivity index (χ2v) is 9.88. The minimum absolute atomic E-state index is 0.108. The molecule has 0 saturated heterocycles. The number of rotatable bonds is 1. The molecule has 3 aromatic rings. The standard InChI is InChI=1S/C26H23I/c1-25(2)24-16-20(10-12-22(24)23-6-4-5-13-26(23,25)3)17-7-8-19-15-21(27)11-9-18(19)14-17/h4-16,23H,1-3H3. The van der Waals surface area contributed by atoms with Crippen LogP contribution in [0.5, 0.6) is 0 Å². The smallest absolute Gasteiger partial charge is 0.0136 e. The van der Waals surface area contributed by atoms with Crippen molar-refractivity contribution < 1.29 is 0 Å². The third-order valence-electron chi connectivity index (χ3n) is 7.05. The molecule has 1 heteroatoms. The van der Waals surface area contributed by atoms with Crippen LogP contribution in [0.3, 0.4) is 0 Å². The zero-order valence-corrected chi connectivity index (χ0v) is 18.1. The van der Waals surface area contributed by atoms with Crippen LogP contribution in [0.25, 0.3) is 21.9 Å². The number of hydrogen-bond acceptors (Lipinski definition) is 0. The van der Waals surface area contributed by atoms with E-state index in [4.69, 9.17) is 0 Å². The molecule has 3 aromatic carbocycles. The maximum absolute atomic E-state index is 2.44. The Balaban J connectivity index is 1.66. The molecule has 0 heterocycles. The monoisotopic (exact) mass is 462 g/mol. The van der Waals surface area contributed by atoms with Crippen LogP contribution in [0, 0.1) is 8.99 Å². The molecule has 0 spiro atoms. The molecule has 0 fully saturated rings. The zero-order valence-electron chi connectivity index (χ0n) is 16.0. The Morgan fingerprint density at radius 3 is 2.33 bits per heavy atom. The molecule has 0 nitrogen and oxygen atoms in total. The second-order valence-electron chi connectivity index (χ2n) is 8.64. The summed E-state index contributed by atoms with van der Waals surface area (Å²) in [5.41, 5.74) is 5.85. The fourth-order valence-electron chi connectivity index (χ4n) is 4.99. The van der Waals surface area contributed by atoms with Gasteiger partial charge in [0.2, 0.25) is 0 Å². The van der Waals surface area contributed by atoms with Crippen molar-refractivity contribution in [3.05, 3.63) is 93.6 Å². The van der Waals surface area contributed by atoms with Crippen LogP contribution < -0.4 is 0 Å². The highest BCUT2D eigenvalue weighted by Gasteiger charge is 2.53. The normalized spacial score (nSPS) is 24.8. The van der Waals surface area contributed by atoms with E-state index < -0.39 is 0 Å². The van der Waals surface area contributed by atoms with Gasteiger partial charge in [0.15, 0.2) is 0 Å². The van der Waals surface area contributed by atoms with Crippen molar-refractivity contribution in [2.75, 3.05) is 0 Å². The third kappa shape index (κ3) is 2.40. The van der Waals surface area contributed by atoms with Gasteiger partial charge in [0, 0.05) is 14.9 Å². The first kappa shape index (κ1) is 17.2. The topological polar surface area (TPSA) is 0 Å². The lowest BCUT2D eigenvalue weighted by Crippen LogP contribution is -2.36. The molecule has 27 heavy (non-hydrogen) atoms. The molecule has 0 bridgehead atoms. The molecule has 2 atom stereocenters. The van der Waals surface area contributed by atoms with Crippen LogP contribution in [-0.2, 0) is 5.41 Å². The molecule has 0 amide bonds. The molecular formula is C26H23I. The Kier molecular flexibility index (Phi) is 3.71. The van der Waals surface area contributed by atoms with Crippen LogP contribution in [0.1, 0.15) is 37.8 Å². The molecule has 5 rings (SSSR count). The molecule has 0 aromatic heterocycles. The number of benzene rings is 3. The summed E-state index contributed by atoms with van der Waals surface area (Å²) in [6, 6.07) is 20.6. The van der Waals surface area contributed by atoms with Gasteiger partial charge in [0.1, 0.15) is 0 Å². The molecule has 0 saturated carbocycles. The first-order chi connectivity index (χ1) is 12.9. The van der Waals surface area contributed by atoms with Crippen molar-refractivity contribution in [1.29, 1.82) is 0 Å². The summed E-state index contributed by atoms with van der Waals surface area (Å²) in [6.07, 6.45) is 9.21. The lowest BCUT2D eigenvalue weighted by Gasteiger charge is -2.41. The van der Waals surface area contributed by atoms with Crippen molar-refractivity contribution >= 4 is 33.4 Å².